The van der Waals surface area contributed by atoms with E-state index >= 15 is 0 Å². The van der Waals surface area contributed by atoms with Gasteiger partial charge in [0, 0.05) is 12.7 Å². The normalized spacial score (nSPS) is 15.6. The minimum absolute atomic E-state index is 0.0408. The molecule has 1 N–H and O–H groups in total. The zero-order valence-electron chi connectivity index (χ0n) is 14.1. The molecule has 26 heavy (non-hydrogen) atoms. The molecule has 0 spiro atoms. The number of alkyl halides is 3. The SMILES string of the molecule is N#Cc1ccc(C(F)(F)F)nc1Nc1cnn(CCN2CCCCC2)c1. The van der Waals surface area contributed by atoms with E-state index < -0.39 is 11.9 Å². The predicted molar refractivity (Wildman–Crippen MR) is 89.8 cm³/mol. The first kappa shape index (κ1) is 18.2. The Labute approximate surface area is 149 Å². The highest BCUT2D eigenvalue weighted by atomic mass is 19.4. The first-order chi connectivity index (χ1) is 12.5. The Morgan fingerprint density at radius 1 is 1.15 bits per heavy atom. The molecule has 2 aromatic heterocycles. The van der Waals surface area contributed by atoms with Gasteiger partial charge in [0.2, 0.25) is 0 Å². The van der Waals surface area contributed by atoms with Gasteiger partial charge >= 0.3 is 6.18 Å². The van der Waals surface area contributed by atoms with Gasteiger partial charge in [0.05, 0.1) is 24.0 Å². The fourth-order valence-corrected chi connectivity index (χ4v) is 2.92. The van der Waals surface area contributed by atoms with Crippen LogP contribution in [0.4, 0.5) is 24.7 Å². The van der Waals surface area contributed by atoms with E-state index in [0.29, 0.717) is 12.2 Å². The lowest BCUT2D eigenvalue weighted by atomic mass is 10.1. The highest BCUT2D eigenvalue weighted by Crippen LogP contribution is 2.30. The van der Waals surface area contributed by atoms with Gasteiger partial charge in [-0.1, -0.05) is 6.42 Å². The lowest BCUT2D eigenvalue weighted by Gasteiger charge is -2.26. The zero-order valence-corrected chi connectivity index (χ0v) is 14.1. The van der Waals surface area contributed by atoms with Gasteiger partial charge in [0.25, 0.3) is 0 Å². The largest absolute Gasteiger partial charge is 0.433 e. The number of nitrogens with zero attached hydrogens (tertiary/aromatic N) is 5. The van der Waals surface area contributed by atoms with Crippen molar-refractivity contribution >= 4 is 11.5 Å². The molecule has 1 aliphatic heterocycles. The van der Waals surface area contributed by atoms with Gasteiger partial charge < -0.3 is 10.2 Å². The molecule has 0 bridgehead atoms. The number of likely N-dealkylation sites (tertiary alicyclic amines) is 1. The van der Waals surface area contributed by atoms with Crippen molar-refractivity contribution in [3.63, 3.8) is 0 Å². The Hall–Kier alpha value is -2.60. The standard InChI is InChI=1S/C17H19F3N6/c18-17(19,20)15-5-4-13(10-21)16(24-15)23-14-11-22-26(12-14)9-8-25-6-2-1-3-7-25/h4-5,11-12H,1-3,6-9H2,(H,23,24). The van der Waals surface area contributed by atoms with E-state index in [-0.39, 0.29) is 11.4 Å². The Bertz CT molecular complexity index is 787. The lowest BCUT2D eigenvalue weighted by Crippen LogP contribution is -2.32. The maximum atomic E-state index is 12.8. The Balaban J connectivity index is 1.67. The van der Waals surface area contributed by atoms with Crippen LogP contribution in [0.3, 0.4) is 0 Å². The van der Waals surface area contributed by atoms with Crippen molar-refractivity contribution < 1.29 is 13.2 Å². The van der Waals surface area contributed by atoms with Crippen LogP contribution >= 0.6 is 0 Å². The van der Waals surface area contributed by atoms with Crippen molar-refractivity contribution in [3.05, 3.63) is 35.8 Å². The van der Waals surface area contributed by atoms with Gasteiger partial charge in [-0.2, -0.15) is 23.5 Å². The van der Waals surface area contributed by atoms with Crippen molar-refractivity contribution in [2.75, 3.05) is 25.0 Å². The van der Waals surface area contributed by atoms with Crippen LogP contribution in [-0.4, -0.2) is 39.3 Å². The van der Waals surface area contributed by atoms with Crippen molar-refractivity contribution in [3.8, 4) is 6.07 Å². The second kappa shape index (κ2) is 7.74. The van der Waals surface area contributed by atoms with E-state index in [1.54, 1.807) is 10.9 Å². The third-order valence-corrected chi connectivity index (χ3v) is 4.30. The highest BCUT2D eigenvalue weighted by Gasteiger charge is 2.33. The van der Waals surface area contributed by atoms with Gasteiger partial charge in [-0.05, 0) is 38.1 Å². The number of nitriles is 1. The Morgan fingerprint density at radius 2 is 1.92 bits per heavy atom. The summed E-state index contributed by atoms with van der Waals surface area (Å²) in [5, 5.41) is 16.1. The van der Waals surface area contributed by atoms with Crippen LogP contribution in [0.5, 0.6) is 0 Å². The van der Waals surface area contributed by atoms with Crippen molar-refractivity contribution in [1.29, 1.82) is 5.26 Å². The number of halogens is 3. The summed E-state index contributed by atoms with van der Waals surface area (Å²) in [5.74, 6) is -0.127. The van der Waals surface area contributed by atoms with Gasteiger partial charge in [0.15, 0.2) is 0 Å². The summed E-state index contributed by atoms with van der Waals surface area (Å²) < 4.78 is 40.2. The molecule has 0 radical (unpaired) electrons. The number of pyridine rings is 1. The first-order valence-electron chi connectivity index (χ1n) is 8.46. The summed E-state index contributed by atoms with van der Waals surface area (Å²) >= 11 is 0. The van der Waals surface area contributed by atoms with E-state index in [1.165, 1.54) is 25.5 Å². The van der Waals surface area contributed by atoms with Crippen molar-refractivity contribution in [2.45, 2.75) is 32.0 Å². The van der Waals surface area contributed by atoms with E-state index in [2.05, 4.69) is 20.3 Å². The maximum absolute atomic E-state index is 12.8. The second-order valence-electron chi connectivity index (χ2n) is 6.22. The van der Waals surface area contributed by atoms with Crippen LogP contribution in [0.15, 0.2) is 24.5 Å². The number of piperidine rings is 1. The molecule has 1 aliphatic rings. The first-order valence-corrected chi connectivity index (χ1v) is 8.46. The molecular weight excluding hydrogens is 345 g/mol. The molecule has 0 amide bonds. The van der Waals surface area contributed by atoms with Gasteiger partial charge in [0.1, 0.15) is 17.6 Å². The summed E-state index contributed by atoms with van der Waals surface area (Å²) in [7, 11) is 0. The summed E-state index contributed by atoms with van der Waals surface area (Å²) in [6.07, 6.45) is 2.35. The average molecular weight is 364 g/mol. The van der Waals surface area contributed by atoms with Crippen LogP contribution < -0.4 is 5.32 Å². The van der Waals surface area contributed by atoms with Crippen molar-refractivity contribution in [1.82, 2.24) is 19.7 Å². The molecule has 0 atom stereocenters. The summed E-state index contributed by atoms with van der Waals surface area (Å²) in [4.78, 5) is 5.91. The smallest absolute Gasteiger partial charge is 0.337 e. The van der Waals surface area contributed by atoms with E-state index in [4.69, 9.17) is 5.26 Å². The van der Waals surface area contributed by atoms with Crippen LogP contribution in [0.1, 0.15) is 30.5 Å². The maximum Gasteiger partial charge on any atom is 0.433 e. The number of nitrogens with one attached hydrogen (secondary N) is 1. The molecular formula is C17H19F3N6. The summed E-state index contributed by atoms with van der Waals surface area (Å²) in [5.41, 5.74) is -0.512. The molecule has 0 unspecified atom stereocenters. The number of aromatic nitrogens is 3. The number of hydrogen-bond donors (Lipinski definition) is 1. The molecule has 0 aromatic carbocycles. The van der Waals surface area contributed by atoms with Crippen LogP contribution in [0.2, 0.25) is 0 Å². The monoisotopic (exact) mass is 364 g/mol. The molecule has 6 nitrogen and oxygen atoms in total. The highest BCUT2D eigenvalue weighted by molar-refractivity contribution is 5.61. The van der Waals surface area contributed by atoms with Crippen molar-refractivity contribution in [2.24, 2.45) is 0 Å². The second-order valence-corrected chi connectivity index (χ2v) is 6.22. The summed E-state index contributed by atoms with van der Waals surface area (Å²) in [6.45, 7) is 3.76. The minimum Gasteiger partial charge on any atom is -0.337 e. The number of rotatable bonds is 5. The number of anilines is 2. The molecule has 0 saturated carbocycles. The molecule has 3 heterocycles. The molecule has 2 aromatic rings. The zero-order chi connectivity index (χ0) is 18.6. The quantitative estimate of drug-likeness (QED) is 0.881. The Kier molecular flexibility index (Phi) is 5.42. The van der Waals surface area contributed by atoms with Gasteiger partial charge in [-0.25, -0.2) is 4.98 Å². The molecule has 1 saturated heterocycles. The molecule has 0 aliphatic carbocycles. The number of hydrogen-bond acceptors (Lipinski definition) is 5. The average Bonchev–Trinajstić information content (AvgIpc) is 3.07. The molecule has 1 fully saturated rings. The van der Waals surface area contributed by atoms with Gasteiger partial charge in [-0.15, -0.1) is 0 Å². The van der Waals surface area contributed by atoms with Gasteiger partial charge in [-0.3, -0.25) is 4.68 Å². The third kappa shape index (κ3) is 4.52. The van der Waals surface area contributed by atoms with Crippen LogP contribution in [0.25, 0.3) is 0 Å². The topological polar surface area (TPSA) is 69.8 Å². The van der Waals surface area contributed by atoms with E-state index in [9.17, 15) is 13.2 Å². The fourth-order valence-electron chi connectivity index (χ4n) is 2.92. The van der Waals surface area contributed by atoms with Crippen LogP contribution in [0, 0.1) is 11.3 Å². The minimum atomic E-state index is -4.57. The molecule has 3 rings (SSSR count). The Morgan fingerprint density at radius 3 is 2.62 bits per heavy atom. The third-order valence-electron chi connectivity index (χ3n) is 4.30. The van der Waals surface area contributed by atoms with Crippen LogP contribution in [-0.2, 0) is 12.7 Å². The predicted octanol–water partition coefficient (Wildman–Crippen LogP) is 3.40. The van der Waals surface area contributed by atoms with E-state index in [0.717, 1.165) is 31.8 Å². The summed E-state index contributed by atoms with van der Waals surface area (Å²) in [6, 6.07) is 3.75. The molecule has 9 heteroatoms. The van der Waals surface area contributed by atoms with E-state index in [1.807, 2.05) is 6.07 Å². The molecule has 138 valence electrons. The fraction of sp³-hybridized carbons (Fsp3) is 0.471. The lowest BCUT2D eigenvalue weighted by molar-refractivity contribution is -0.141.